The smallest absolute Gasteiger partial charge is 0.211 e. The highest BCUT2D eigenvalue weighted by molar-refractivity contribution is 5.23. The Morgan fingerprint density at radius 2 is 1.70 bits per heavy atom. The van der Waals surface area contributed by atoms with Crippen LogP contribution < -0.4 is 0 Å². The Hall–Kier alpha value is -0.900. The first-order valence-corrected chi connectivity index (χ1v) is 2.32. The molecule has 0 aliphatic heterocycles. The second-order valence-electron chi connectivity index (χ2n) is 1.12. The Balaban J connectivity index is 0. The summed E-state index contributed by atoms with van der Waals surface area (Å²) in [7, 11) is 0. The second-order valence-corrected chi connectivity index (χ2v) is 1.12. The molecule has 6 heteroatoms. The Bertz CT molecular complexity index is 116. The second kappa shape index (κ2) is 8.10. The molecule has 0 aromatic heterocycles. The standard InChI is InChI=1S/C3H6F2.CF2NO/c1-2-3(4)5;2-4(3)1-5/h3H,2H2,1H3;/q;+1. The number of rotatable bonds is 1. The van der Waals surface area contributed by atoms with Crippen molar-refractivity contribution in [3.05, 3.63) is 0 Å². The summed E-state index contributed by atoms with van der Waals surface area (Å²) in [4.78, 5) is 8.56. The van der Waals surface area contributed by atoms with E-state index < -0.39 is 11.4 Å². The molecule has 0 saturated heterocycles. The molecule has 0 unspecified atom stereocenters. The van der Waals surface area contributed by atoms with Gasteiger partial charge in [0.15, 0.2) is 8.96 Å². The highest BCUT2D eigenvalue weighted by Crippen LogP contribution is 1.93. The molecule has 0 bridgehead atoms. The Kier molecular flexibility index (Phi) is 9.59. The van der Waals surface area contributed by atoms with Gasteiger partial charge in [-0.25, -0.2) is 8.78 Å². The van der Waals surface area contributed by atoms with Gasteiger partial charge in [-0.1, -0.05) is 6.92 Å². The van der Waals surface area contributed by atoms with Crippen molar-refractivity contribution in [3.63, 3.8) is 0 Å². The minimum Gasteiger partial charge on any atom is -0.211 e. The van der Waals surface area contributed by atoms with Gasteiger partial charge in [0.25, 0.3) is 0 Å². The molecule has 0 spiro atoms. The fourth-order valence-electron chi connectivity index (χ4n) is 0. The van der Waals surface area contributed by atoms with Gasteiger partial charge in [0.05, 0.1) is 0 Å². The number of hydrogen-bond donors (Lipinski definition) is 0. The Morgan fingerprint density at radius 3 is 1.70 bits per heavy atom. The fourth-order valence-corrected chi connectivity index (χ4v) is 0. The quantitative estimate of drug-likeness (QED) is 0.247. The largest absolute Gasteiger partial charge is 0.528 e. The third kappa shape index (κ3) is 27.5. The van der Waals surface area contributed by atoms with Gasteiger partial charge in [-0.05, 0) is 0 Å². The van der Waals surface area contributed by atoms with E-state index in [1.54, 1.807) is 0 Å². The molecule has 0 N–H and O–H groups in total. The molecular formula is C4H6F4NO+. The van der Waals surface area contributed by atoms with E-state index in [2.05, 4.69) is 0 Å². The fraction of sp³-hybridized carbons (Fsp3) is 0.750. The third-order valence-electron chi connectivity index (χ3n) is 0.378. The summed E-state index contributed by atoms with van der Waals surface area (Å²) in [6.07, 6.45) is -1.87. The molecule has 0 aliphatic carbocycles. The summed E-state index contributed by atoms with van der Waals surface area (Å²) in [5, 5.41) is -1.68. The predicted molar refractivity (Wildman–Crippen MR) is 24.5 cm³/mol. The molecule has 0 radical (unpaired) electrons. The van der Waals surface area contributed by atoms with Gasteiger partial charge in [0.1, 0.15) is 0 Å². The van der Waals surface area contributed by atoms with Gasteiger partial charge in [-0.3, -0.25) is 0 Å². The monoisotopic (exact) mass is 160 g/mol. The van der Waals surface area contributed by atoms with E-state index in [1.807, 2.05) is 0 Å². The molecule has 0 heterocycles. The first-order chi connectivity index (χ1) is 4.54. The zero-order valence-electron chi connectivity index (χ0n) is 5.15. The van der Waals surface area contributed by atoms with Gasteiger partial charge in [-0.15, -0.1) is 0 Å². The van der Waals surface area contributed by atoms with E-state index in [0.717, 1.165) is 0 Å². The summed E-state index contributed by atoms with van der Waals surface area (Å²) in [5.74, 6) is 0. The molecule has 2 nitrogen and oxygen atoms in total. The van der Waals surface area contributed by atoms with Crippen LogP contribution >= 0.6 is 0 Å². The Labute approximate surface area is 54.6 Å². The minimum absolute atomic E-state index is 0.0278. The summed E-state index contributed by atoms with van der Waals surface area (Å²) in [6.45, 7) is 1.45. The van der Waals surface area contributed by atoms with Crippen molar-refractivity contribution in [1.82, 2.24) is 0 Å². The van der Waals surface area contributed by atoms with Gasteiger partial charge < -0.3 is 0 Å². The summed E-state index contributed by atoms with van der Waals surface area (Å²) in [5.41, 5.74) is 0. The lowest BCUT2D eigenvalue weighted by Crippen LogP contribution is -1.80. The third-order valence-corrected chi connectivity index (χ3v) is 0.378. The summed E-state index contributed by atoms with van der Waals surface area (Å²) >= 11 is 0. The minimum atomic E-state index is -2.12. The van der Waals surface area contributed by atoms with Crippen LogP contribution in [0.15, 0.2) is 0 Å². The Morgan fingerprint density at radius 1 is 1.50 bits per heavy atom. The normalized spacial score (nSPS) is 7.80. The van der Waals surface area contributed by atoms with Crippen molar-refractivity contribution < 1.29 is 27.6 Å². The van der Waals surface area contributed by atoms with Crippen molar-refractivity contribution in [3.8, 4) is 0 Å². The van der Waals surface area contributed by atoms with Crippen molar-refractivity contribution in [2.75, 3.05) is 0 Å². The highest BCUT2D eigenvalue weighted by Gasteiger charge is 1.91. The predicted octanol–water partition coefficient (Wildman–Crippen LogP) is 1.77. The maximum absolute atomic E-state index is 10.8. The first kappa shape index (κ1) is 11.8. The molecule has 0 rings (SSSR count). The lowest BCUT2D eigenvalue weighted by Gasteiger charge is -1.81. The van der Waals surface area contributed by atoms with Crippen LogP contribution in [-0.4, -0.2) is 17.5 Å². The van der Waals surface area contributed by atoms with Gasteiger partial charge in [-0.2, -0.15) is 4.79 Å². The van der Waals surface area contributed by atoms with Crippen molar-refractivity contribution in [2.24, 2.45) is 0 Å². The number of hydrogen-bond acceptors (Lipinski definition) is 1. The van der Waals surface area contributed by atoms with E-state index in [-0.39, 0.29) is 12.5 Å². The molecular weight excluding hydrogens is 154 g/mol. The lowest BCUT2D eigenvalue weighted by molar-refractivity contribution is -0.850. The van der Waals surface area contributed by atoms with E-state index >= 15 is 0 Å². The number of carbonyl (C=O) groups excluding carboxylic acids is 1. The molecule has 0 fully saturated rings. The molecule has 0 amide bonds. The number of isocyanates is 1. The zero-order chi connectivity index (χ0) is 8.57. The maximum Gasteiger partial charge on any atom is 0.528 e. The first-order valence-electron chi connectivity index (χ1n) is 2.32. The van der Waals surface area contributed by atoms with E-state index in [1.165, 1.54) is 6.92 Å². The average molecular weight is 160 g/mol. The van der Waals surface area contributed by atoms with Crippen molar-refractivity contribution in [2.45, 2.75) is 19.8 Å². The number of alkyl halides is 2. The molecule has 10 heavy (non-hydrogen) atoms. The molecule has 60 valence electrons. The van der Waals surface area contributed by atoms with Gasteiger partial charge >= 0.3 is 11.1 Å². The van der Waals surface area contributed by atoms with Crippen LogP contribution in [0.1, 0.15) is 13.3 Å². The number of nitrogens with zero attached hydrogens (tertiary/aromatic N) is 1. The van der Waals surface area contributed by atoms with Crippen LogP contribution in [0.3, 0.4) is 0 Å². The van der Waals surface area contributed by atoms with Gasteiger partial charge in [0, 0.05) is 6.42 Å². The summed E-state index contributed by atoms with van der Waals surface area (Å²) < 4.78 is 41.9. The average Bonchev–Trinajstić information content (AvgIpc) is 1.89. The molecule has 0 aromatic rings. The SMILES string of the molecule is CCC(F)F.O=C=[N+](F)F. The van der Waals surface area contributed by atoms with Crippen molar-refractivity contribution in [1.29, 1.82) is 0 Å². The molecule has 0 atom stereocenters. The number of halogens is 4. The molecule has 0 aromatic carbocycles. The zero-order valence-corrected chi connectivity index (χ0v) is 5.15. The van der Waals surface area contributed by atoms with E-state index in [0.29, 0.717) is 0 Å². The van der Waals surface area contributed by atoms with Crippen LogP contribution in [0, 0.1) is 0 Å². The van der Waals surface area contributed by atoms with E-state index in [9.17, 15) is 17.7 Å². The van der Waals surface area contributed by atoms with Crippen LogP contribution in [0.4, 0.5) is 17.7 Å². The van der Waals surface area contributed by atoms with E-state index in [4.69, 9.17) is 4.79 Å². The highest BCUT2D eigenvalue weighted by atomic mass is 19.4. The van der Waals surface area contributed by atoms with Crippen LogP contribution in [0.5, 0.6) is 0 Å². The van der Waals surface area contributed by atoms with Crippen LogP contribution in [0.25, 0.3) is 0 Å². The topological polar surface area (TPSA) is 20.1 Å². The maximum atomic E-state index is 10.8. The van der Waals surface area contributed by atoms with Crippen molar-refractivity contribution >= 4 is 6.08 Å². The van der Waals surface area contributed by atoms with Crippen LogP contribution in [-0.2, 0) is 4.79 Å². The molecule has 0 aliphatic rings. The summed E-state index contributed by atoms with van der Waals surface area (Å²) in [6, 6.07) is 0. The lowest BCUT2D eigenvalue weighted by atomic mass is 10.5. The van der Waals surface area contributed by atoms with Gasteiger partial charge in [0.2, 0.25) is 6.43 Å². The molecule has 0 saturated carbocycles. The van der Waals surface area contributed by atoms with Crippen LogP contribution in [0.2, 0.25) is 0 Å².